The Morgan fingerprint density at radius 2 is 2.00 bits per heavy atom. The summed E-state index contributed by atoms with van der Waals surface area (Å²) in [5, 5.41) is 8.88. The molecule has 0 unspecified atom stereocenters. The monoisotopic (exact) mass is 393 g/mol. The van der Waals surface area contributed by atoms with Crippen molar-refractivity contribution in [1.29, 1.82) is 0 Å². The largest absolute Gasteiger partial charge is 0.490 e. The predicted octanol–water partition coefficient (Wildman–Crippen LogP) is 3.42. The van der Waals surface area contributed by atoms with Gasteiger partial charge in [-0.05, 0) is 18.2 Å². The highest BCUT2D eigenvalue weighted by Crippen LogP contribution is 2.23. The molecule has 2 aromatic rings. The Labute approximate surface area is 147 Å². The van der Waals surface area contributed by atoms with Crippen molar-refractivity contribution >= 4 is 27.8 Å². The van der Waals surface area contributed by atoms with Gasteiger partial charge in [0.1, 0.15) is 18.1 Å². The van der Waals surface area contributed by atoms with Gasteiger partial charge in [-0.25, -0.2) is 4.79 Å². The fourth-order valence-electron chi connectivity index (χ4n) is 2.63. The minimum absolute atomic E-state index is 0.0220. The van der Waals surface area contributed by atoms with Crippen molar-refractivity contribution in [3.63, 3.8) is 0 Å². The summed E-state index contributed by atoms with van der Waals surface area (Å²) >= 11 is 3.41. The normalized spacial score (nSPS) is 15.3. The molecule has 7 heteroatoms. The van der Waals surface area contributed by atoms with Gasteiger partial charge >= 0.3 is 5.97 Å². The first-order valence-corrected chi connectivity index (χ1v) is 8.35. The maximum absolute atomic E-state index is 12.3. The second kappa shape index (κ2) is 7.09. The molecule has 1 saturated heterocycles. The molecule has 1 aromatic carbocycles. The van der Waals surface area contributed by atoms with Crippen molar-refractivity contribution in [3.05, 3.63) is 52.4 Å². The number of benzene rings is 1. The molecule has 24 heavy (non-hydrogen) atoms. The summed E-state index contributed by atoms with van der Waals surface area (Å²) in [4.78, 5) is 24.8. The molecular formula is C17H16BrNO5. The standard InChI is InChI=1S/C17H16BrNO5/c18-12-2-1-3-14(9-12)24-13-4-6-19(7-5-13)16(20)15-8-11(10-23-15)17(21)22/h1-3,8-10,13H,4-7H2,(H,21,22). The molecule has 0 bridgehead atoms. The van der Waals surface area contributed by atoms with Crippen molar-refractivity contribution in [2.24, 2.45) is 0 Å². The van der Waals surface area contributed by atoms with E-state index >= 15 is 0 Å². The van der Waals surface area contributed by atoms with Crippen LogP contribution in [0.1, 0.15) is 33.8 Å². The number of carboxylic acids is 1. The summed E-state index contributed by atoms with van der Waals surface area (Å²) in [5.41, 5.74) is -0.0220. The molecule has 2 heterocycles. The summed E-state index contributed by atoms with van der Waals surface area (Å²) < 4.78 is 12.0. The first-order chi connectivity index (χ1) is 11.5. The molecule has 6 nitrogen and oxygen atoms in total. The van der Waals surface area contributed by atoms with Crippen LogP contribution in [0.4, 0.5) is 0 Å². The third kappa shape index (κ3) is 3.79. The minimum Gasteiger partial charge on any atom is -0.490 e. The van der Waals surface area contributed by atoms with Gasteiger partial charge in [0.05, 0.1) is 5.56 Å². The fraction of sp³-hybridized carbons (Fsp3) is 0.294. The van der Waals surface area contributed by atoms with Crippen molar-refractivity contribution < 1.29 is 23.8 Å². The second-order valence-electron chi connectivity index (χ2n) is 5.57. The van der Waals surface area contributed by atoms with Crippen molar-refractivity contribution in [2.45, 2.75) is 18.9 Å². The molecule has 0 saturated carbocycles. The lowest BCUT2D eigenvalue weighted by Gasteiger charge is -2.31. The first kappa shape index (κ1) is 16.6. The highest BCUT2D eigenvalue weighted by atomic mass is 79.9. The van der Waals surface area contributed by atoms with Crippen LogP contribution in [0.15, 0.2) is 45.5 Å². The number of rotatable bonds is 4. The molecule has 126 valence electrons. The summed E-state index contributed by atoms with van der Waals surface area (Å²) in [6.45, 7) is 1.08. The van der Waals surface area contributed by atoms with Crippen LogP contribution < -0.4 is 4.74 Å². The number of furan rings is 1. The summed E-state index contributed by atoms with van der Waals surface area (Å²) in [5.74, 6) is -0.549. The van der Waals surface area contributed by atoms with Crippen LogP contribution in [0.5, 0.6) is 5.75 Å². The van der Waals surface area contributed by atoms with E-state index in [1.165, 1.54) is 6.07 Å². The lowest BCUT2D eigenvalue weighted by Crippen LogP contribution is -2.41. The van der Waals surface area contributed by atoms with Crippen LogP contribution in [0.25, 0.3) is 0 Å². The van der Waals surface area contributed by atoms with E-state index in [0.29, 0.717) is 25.9 Å². The Hall–Kier alpha value is -2.28. The predicted molar refractivity (Wildman–Crippen MR) is 89.4 cm³/mol. The molecule has 1 amide bonds. The number of ether oxygens (including phenoxy) is 1. The highest BCUT2D eigenvalue weighted by molar-refractivity contribution is 9.10. The van der Waals surface area contributed by atoms with E-state index in [1.54, 1.807) is 4.90 Å². The van der Waals surface area contributed by atoms with Crippen molar-refractivity contribution in [2.75, 3.05) is 13.1 Å². The van der Waals surface area contributed by atoms with Crippen LogP contribution in [-0.4, -0.2) is 41.1 Å². The smallest absolute Gasteiger partial charge is 0.338 e. The van der Waals surface area contributed by atoms with Crippen LogP contribution in [0.3, 0.4) is 0 Å². The number of halogens is 1. The zero-order valence-corrected chi connectivity index (χ0v) is 14.4. The van der Waals surface area contributed by atoms with Gasteiger partial charge in [-0.3, -0.25) is 4.79 Å². The van der Waals surface area contributed by atoms with Crippen LogP contribution in [0, 0.1) is 0 Å². The Morgan fingerprint density at radius 3 is 2.62 bits per heavy atom. The zero-order chi connectivity index (χ0) is 17.1. The van der Waals surface area contributed by atoms with Crippen molar-refractivity contribution in [3.8, 4) is 5.75 Å². The van der Waals surface area contributed by atoms with E-state index in [0.717, 1.165) is 16.5 Å². The maximum atomic E-state index is 12.3. The van der Waals surface area contributed by atoms with E-state index in [4.69, 9.17) is 14.3 Å². The van der Waals surface area contributed by atoms with E-state index in [-0.39, 0.29) is 23.3 Å². The maximum Gasteiger partial charge on any atom is 0.338 e. The lowest BCUT2D eigenvalue weighted by atomic mass is 10.1. The molecule has 3 rings (SSSR count). The first-order valence-electron chi connectivity index (χ1n) is 7.56. The van der Waals surface area contributed by atoms with Gasteiger partial charge in [0.2, 0.25) is 0 Å². The Kier molecular flexibility index (Phi) is 4.89. The number of carbonyl (C=O) groups is 2. The SMILES string of the molecule is O=C(O)c1coc(C(=O)N2CCC(Oc3cccc(Br)c3)CC2)c1. The Balaban J connectivity index is 1.56. The summed E-state index contributed by atoms with van der Waals surface area (Å²) in [7, 11) is 0. The minimum atomic E-state index is -1.11. The number of hydrogen-bond donors (Lipinski definition) is 1. The molecular weight excluding hydrogens is 378 g/mol. The highest BCUT2D eigenvalue weighted by Gasteiger charge is 2.27. The van der Waals surface area contributed by atoms with Crippen LogP contribution in [0.2, 0.25) is 0 Å². The van der Waals surface area contributed by atoms with Crippen LogP contribution >= 0.6 is 15.9 Å². The molecule has 0 radical (unpaired) electrons. The second-order valence-corrected chi connectivity index (χ2v) is 6.49. The molecule has 1 aliphatic heterocycles. The third-order valence-corrected chi connectivity index (χ3v) is 4.38. The topological polar surface area (TPSA) is 80.0 Å². The Bertz CT molecular complexity index is 749. The number of aromatic carboxylic acids is 1. The van der Waals surface area contributed by atoms with Gasteiger partial charge in [-0.15, -0.1) is 0 Å². The molecule has 0 atom stereocenters. The molecule has 1 aromatic heterocycles. The van der Waals surface area contributed by atoms with E-state index < -0.39 is 5.97 Å². The lowest BCUT2D eigenvalue weighted by molar-refractivity contribution is 0.0566. The van der Waals surface area contributed by atoms with Gasteiger partial charge in [0.15, 0.2) is 5.76 Å². The summed E-state index contributed by atoms with van der Waals surface area (Å²) in [6.07, 6.45) is 2.56. The summed E-state index contributed by atoms with van der Waals surface area (Å²) in [6, 6.07) is 8.92. The van der Waals surface area contributed by atoms with E-state index in [2.05, 4.69) is 15.9 Å². The fourth-order valence-corrected chi connectivity index (χ4v) is 3.00. The zero-order valence-electron chi connectivity index (χ0n) is 12.8. The van der Waals surface area contributed by atoms with Gasteiger partial charge in [-0.2, -0.15) is 0 Å². The average Bonchev–Trinajstić information content (AvgIpc) is 3.05. The van der Waals surface area contributed by atoms with E-state index in [1.807, 2.05) is 24.3 Å². The van der Waals surface area contributed by atoms with Gasteiger partial charge in [0, 0.05) is 36.5 Å². The molecule has 1 fully saturated rings. The Morgan fingerprint density at radius 1 is 1.25 bits per heavy atom. The van der Waals surface area contributed by atoms with Gasteiger partial charge < -0.3 is 19.2 Å². The average molecular weight is 394 g/mol. The number of amides is 1. The number of hydrogen-bond acceptors (Lipinski definition) is 4. The van der Waals surface area contributed by atoms with Crippen molar-refractivity contribution in [1.82, 2.24) is 4.90 Å². The molecule has 0 spiro atoms. The molecule has 1 N–H and O–H groups in total. The van der Waals surface area contributed by atoms with Gasteiger partial charge in [-0.1, -0.05) is 22.0 Å². The number of piperidine rings is 1. The van der Waals surface area contributed by atoms with E-state index in [9.17, 15) is 9.59 Å². The number of nitrogens with zero attached hydrogens (tertiary/aromatic N) is 1. The van der Waals surface area contributed by atoms with Gasteiger partial charge in [0.25, 0.3) is 5.91 Å². The third-order valence-electron chi connectivity index (χ3n) is 3.89. The van der Waals surface area contributed by atoms with Crippen LogP contribution in [-0.2, 0) is 0 Å². The molecule has 0 aliphatic carbocycles. The molecule has 1 aliphatic rings. The number of carbonyl (C=O) groups excluding carboxylic acids is 1. The number of carboxylic acid groups (broad SMARTS) is 1. The number of likely N-dealkylation sites (tertiary alicyclic amines) is 1. The quantitative estimate of drug-likeness (QED) is 0.860.